The first-order valence-electron chi connectivity index (χ1n) is 5.17. The van der Waals surface area contributed by atoms with Crippen LogP contribution in [0.3, 0.4) is 0 Å². The molecule has 1 aromatic rings. The summed E-state index contributed by atoms with van der Waals surface area (Å²) in [4.78, 5) is 0. The number of ether oxygens (including phenoxy) is 1. The zero-order chi connectivity index (χ0) is 12.5. The fraction of sp³-hybridized carbons (Fsp3) is 0.400. The fourth-order valence-corrected chi connectivity index (χ4v) is 2.51. The first-order chi connectivity index (χ1) is 8.00. The van der Waals surface area contributed by atoms with E-state index in [1.165, 1.54) is 19.2 Å². The minimum absolute atomic E-state index is 0.0141. The number of anilines is 1. The lowest BCUT2D eigenvalue weighted by atomic mass is 10.3. The Hall–Kier alpha value is -1.47. The van der Waals surface area contributed by atoms with E-state index in [9.17, 15) is 13.5 Å². The van der Waals surface area contributed by atoms with Gasteiger partial charge in [0.2, 0.25) is 0 Å². The molecular weight excluding hydrogens is 244 g/mol. The topological polar surface area (TPSA) is 87.7 Å². The second-order valence-electron chi connectivity index (χ2n) is 3.88. The molecule has 2 rings (SSSR count). The van der Waals surface area contributed by atoms with Gasteiger partial charge in [-0.1, -0.05) is 0 Å². The Balaban J connectivity index is 2.16. The van der Waals surface area contributed by atoms with E-state index in [2.05, 4.69) is 9.44 Å². The van der Waals surface area contributed by atoms with Gasteiger partial charge in [-0.05, 0) is 25.0 Å². The molecule has 1 aliphatic rings. The Morgan fingerprint density at radius 3 is 2.71 bits per heavy atom. The number of phenols is 1. The predicted octanol–water partition coefficient (Wildman–Crippen LogP) is 0.809. The molecule has 3 N–H and O–H groups in total. The van der Waals surface area contributed by atoms with E-state index < -0.39 is 10.2 Å². The molecule has 6 nitrogen and oxygen atoms in total. The molecule has 0 atom stereocenters. The van der Waals surface area contributed by atoms with Crippen LogP contribution in [0.25, 0.3) is 0 Å². The van der Waals surface area contributed by atoms with E-state index in [1.54, 1.807) is 6.07 Å². The van der Waals surface area contributed by atoms with Gasteiger partial charge in [-0.3, -0.25) is 4.72 Å². The first kappa shape index (κ1) is 12.0. The van der Waals surface area contributed by atoms with Crippen molar-refractivity contribution in [3.8, 4) is 11.5 Å². The Morgan fingerprint density at radius 1 is 1.41 bits per heavy atom. The number of rotatable bonds is 5. The third-order valence-corrected chi connectivity index (χ3v) is 3.48. The smallest absolute Gasteiger partial charge is 0.299 e. The minimum Gasteiger partial charge on any atom is -0.506 e. The molecule has 0 saturated heterocycles. The number of hydrogen-bond acceptors (Lipinski definition) is 4. The molecular formula is C10H14N2O4S. The summed E-state index contributed by atoms with van der Waals surface area (Å²) in [6.07, 6.45) is 1.70. The Morgan fingerprint density at radius 2 is 2.12 bits per heavy atom. The summed E-state index contributed by atoms with van der Waals surface area (Å²) < 4.78 is 32.9. The lowest BCUT2D eigenvalue weighted by molar-refractivity contribution is 0.413. The van der Waals surface area contributed by atoms with Crippen molar-refractivity contribution in [3.63, 3.8) is 0 Å². The van der Waals surface area contributed by atoms with Crippen molar-refractivity contribution in [2.45, 2.75) is 18.9 Å². The van der Waals surface area contributed by atoms with Gasteiger partial charge >= 0.3 is 0 Å². The van der Waals surface area contributed by atoms with Crippen molar-refractivity contribution >= 4 is 15.9 Å². The van der Waals surface area contributed by atoms with Gasteiger partial charge in [0.05, 0.1) is 12.8 Å². The number of methoxy groups -OCH3 is 1. The molecule has 94 valence electrons. The van der Waals surface area contributed by atoms with Crippen molar-refractivity contribution < 1.29 is 18.3 Å². The molecule has 7 heteroatoms. The summed E-state index contributed by atoms with van der Waals surface area (Å²) >= 11 is 0. The average molecular weight is 258 g/mol. The number of nitrogens with one attached hydrogen (secondary N) is 2. The number of phenolic OH excluding ortho intramolecular Hbond substituents is 1. The molecule has 0 radical (unpaired) electrons. The summed E-state index contributed by atoms with van der Waals surface area (Å²) in [6.45, 7) is 0. The normalized spacial score (nSPS) is 15.6. The second-order valence-corrected chi connectivity index (χ2v) is 5.33. The van der Waals surface area contributed by atoms with Gasteiger partial charge in [-0.15, -0.1) is 0 Å². The molecule has 0 aliphatic heterocycles. The molecule has 0 spiro atoms. The van der Waals surface area contributed by atoms with Crippen molar-refractivity contribution in [1.29, 1.82) is 0 Å². The molecule has 1 fully saturated rings. The van der Waals surface area contributed by atoms with Crippen LogP contribution in [0.1, 0.15) is 12.8 Å². The zero-order valence-electron chi connectivity index (χ0n) is 9.30. The zero-order valence-corrected chi connectivity index (χ0v) is 10.1. The van der Waals surface area contributed by atoms with Crippen LogP contribution in [0.2, 0.25) is 0 Å². The molecule has 0 heterocycles. The number of hydrogen-bond donors (Lipinski definition) is 3. The van der Waals surface area contributed by atoms with Crippen molar-refractivity contribution in [1.82, 2.24) is 4.72 Å². The lowest BCUT2D eigenvalue weighted by Crippen LogP contribution is -2.31. The van der Waals surface area contributed by atoms with Gasteiger partial charge in [0.25, 0.3) is 10.2 Å². The number of benzene rings is 1. The predicted molar refractivity (Wildman–Crippen MR) is 63.4 cm³/mol. The maximum atomic E-state index is 11.6. The van der Waals surface area contributed by atoms with E-state index in [-0.39, 0.29) is 17.5 Å². The Bertz CT molecular complexity index is 511. The van der Waals surface area contributed by atoms with Crippen LogP contribution in [0.5, 0.6) is 11.5 Å². The molecule has 0 unspecified atom stereocenters. The van der Waals surface area contributed by atoms with Gasteiger partial charge < -0.3 is 9.84 Å². The Kier molecular flexibility index (Phi) is 3.12. The van der Waals surface area contributed by atoms with Crippen molar-refractivity contribution in [2.75, 3.05) is 11.8 Å². The van der Waals surface area contributed by atoms with Crippen LogP contribution in [0, 0.1) is 0 Å². The summed E-state index contributed by atoms with van der Waals surface area (Å²) in [5, 5.41) is 9.53. The highest BCUT2D eigenvalue weighted by Crippen LogP contribution is 2.29. The van der Waals surface area contributed by atoms with Crippen molar-refractivity contribution in [3.05, 3.63) is 18.2 Å². The molecule has 0 bridgehead atoms. The summed E-state index contributed by atoms with van der Waals surface area (Å²) in [5.41, 5.74) is 0.0949. The van der Waals surface area contributed by atoms with Gasteiger partial charge in [0.15, 0.2) is 0 Å². The van der Waals surface area contributed by atoms with Crippen LogP contribution >= 0.6 is 0 Å². The van der Waals surface area contributed by atoms with E-state index in [0.717, 1.165) is 12.8 Å². The summed E-state index contributed by atoms with van der Waals surface area (Å²) in [7, 11) is -2.17. The number of aromatic hydroxyl groups is 1. The standard InChI is InChI=1S/C10H14N2O4S/c1-16-8-4-5-10(13)9(6-8)12-17(14,15)11-7-2-3-7/h4-7,11-13H,2-3H2,1H3. The van der Waals surface area contributed by atoms with Gasteiger partial charge in [0.1, 0.15) is 11.5 Å². The summed E-state index contributed by atoms with van der Waals surface area (Å²) in [5.74, 6) is 0.318. The first-order valence-corrected chi connectivity index (χ1v) is 6.65. The van der Waals surface area contributed by atoms with Crippen molar-refractivity contribution in [2.24, 2.45) is 0 Å². The molecule has 1 aliphatic carbocycles. The van der Waals surface area contributed by atoms with E-state index >= 15 is 0 Å². The van der Waals surface area contributed by atoms with Crippen LogP contribution in [0.15, 0.2) is 18.2 Å². The molecule has 0 amide bonds. The van der Waals surface area contributed by atoms with E-state index in [0.29, 0.717) is 5.75 Å². The van der Waals surface area contributed by atoms with E-state index in [4.69, 9.17) is 4.74 Å². The van der Waals surface area contributed by atoms with Gasteiger partial charge in [-0.25, -0.2) is 0 Å². The lowest BCUT2D eigenvalue weighted by Gasteiger charge is -2.11. The van der Waals surface area contributed by atoms with E-state index in [1.807, 2.05) is 0 Å². The van der Waals surface area contributed by atoms with Crippen LogP contribution in [0.4, 0.5) is 5.69 Å². The van der Waals surface area contributed by atoms with Crippen LogP contribution in [-0.4, -0.2) is 26.7 Å². The SMILES string of the molecule is COc1ccc(O)c(NS(=O)(=O)NC2CC2)c1. The third-order valence-electron chi connectivity index (χ3n) is 2.35. The second kappa shape index (κ2) is 4.42. The Labute approximate surface area is 99.8 Å². The largest absolute Gasteiger partial charge is 0.506 e. The average Bonchev–Trinajstić information content (AvgIpc) is 3.04. The highest BCUT2D eigenvalue weighted by molar-refractivity contribution is 7.90. The molecule has 0 aromatic heterocycles. The van der Waals surface area contributed by atoms with Crippen LogP contribution in [-0.2, 0) is 10.2 Å². The quantitative estimate of drug-likeness (QED) is 0.682. The van der Waals surface area contributed by atoms with Crippen LogP contribution < -0.4 is 14.2 Å². The van der Waals surface area contributed by atoms with Gasteiger partial charge in [-0.2, -0.15) is 13.1 Å². The minimum atomic E-state index is -3.63. The fourth-order valence-electron chi connectivity index (χ4n) is 1.32. The van der Waals surface area contributed by atoms with Gasteiger partial charge in [0, 0.05) is 12.1 Å². The summed E-state index contributed by atoms with van der Waals surface area (Å²) in [6, 6.07) is 4.34. The highest BCUT2D eigenvalue weighted by atomic mass is 32.2. The molecule has 1 saturated carbocycles. The third kappa shape index (κ3) is 3.24. The molecule has 1 aromatic carbocycles. The maximum absolute atomic E-state index is 11.6. The highest BCUT2D eigenvalue weighted by Gasteiger charge is 2.27. The monoisotopic (exact) mass is 258 g/mol. The maximum Gasteiger partial charge on any atom is 0.299 e. The molecule has 17 heavy (non-hydrogen) atoms.